The summed E-state index contributed by atoms with van der Waals surface area (Å²) in [7, 11) is 0. The number of carbonyl (C=O) groups is 1. The van der Waals surface area contributed by atoms with Crippen molar-refractivity contribution in [1.29, 1.82) is 0 Å². The lowest BCUT2D eigenvalue weighted by molar-refractivity contribution is -0.123. The molecule has 1 spiro atoms. The van der Waals surface area contributed by atoms with E-state index in [1.807, 2.05) is 44.2 Å². The molecule has 0 unspecified atom stereocenters. The molecule has 0 saturated heterocycles. The van der Waals surface area contributed by atoms with E-state index in [2.05, 4.69) is 24.0 Å². The van der Waals surface area contributed by atoms with E-state index >= 15 is 0 Å². The fourth-order valence-electron chi connectivity index (χ4n) is 4.11. The number of carbonyl (C=O) groups excluding carboxylic acids is 1. The minimum atomic E-state index is -0.228. The molecule has 1 aliphatic heterocycles. The largest absolute Gasteiger partial charge is 0.490 e. The fraction of sp³-hybridized carbons (Fsp3) is 0.435. The Bertz CT molecular complexity index is 901. The molecule has 5 rings (SSSR count). The van der Waals surface area contributed by atoms with E-state index in [0.29, 0.717) is 5.92 Å². The van der Waals surface area contributed by atoms with Crippen molar-refractivity contribution in [2.24, 2.45) is 0 Å². The number of rotatable bonds is 3. The van der Waals surface area contributed by atoms with Gasteiger partial charge in [0.25, 0.3) is 0 Å². The second-order valence-electron chi connectivity index (χ2n) is 8.33. The topological polar surface area (TPSA) is 64.3 Å². The number of hydrogen-bond acceptors (Lipinski definition) is 4. The molecule has 1 amide bonds. The maximum atomic E-state index is 12.2. The predicted octanol–water partition coefficient (Wildman–Crippen LogP) is 5.28. The number of nitrogen functional groups attached to an aromatic ring is 1. The van der Waals surface area contributed by atoms with E-state index in [1.165, 1.54) is 24.0 Å². The van der Waals surface area contributed by atoms with E-state index in [9.17, 15) is 4.79 Å². The number of nitrogens with one attached hydrogen (secondary N) is 1. The molecule has 0 radical (unpaired) electrons. The van der Waals surface area contributed by atoms with Crippen LogP contribution in [0, 0.1) is 0 Å². The van der Waals surface area contributed by atoms with Gasteiger partial charge in [0.1, 0.15) is 5.75 Å². The zero-order valence-electron chi connectivity index (χ0n) is 16.5. The summed E-state index contributed by atoms with van der Waals surface area (Å²) in [5.41, 5.74) is 10.1. The van der Waals surface area contributed by atoms with Gasteiger partial charge in [0.05, 0.1) is 11.5 Å². The SMILES string of the molecule is CC(C)Oc1ccccc1S.Nc1cc(C2CC2)c2c(c1)C1(CCC1)C(=O)N2. The molecule has 4 nitrogen and oxygen atoms in total. The molecule has 2 saturated carbocycles. The number of anilines is 2. The summed E-state index contributed by atoms with van der Waals surface area (Å²) in [5.74, 6) is 1.68. The molecule has 5 heteroatoms. The molecule has 2 aromatic carbocycles. The third-order valence-electron chi connectivity index (χ3n) is 5.83. The number of ether oxygens (including phenoxy) is 1. The summed E-state index contributed by atoms with van der Waals surface area (Å²) in [6.07, 6.45) is 5.81. The van der Waals surface area contributed by atoms with Gasteiger partial charge in [-0.05, 0) is 80.8 Å². The summed E-state index contributed by atoms with van der Waals surface area (Å²) < 4.78 is 5.47. The molecule has 1 heterocycles. The Kier molecular flexibility index (Phi) is 5.04. The second-order valence-corrected chi connectivity index (χ2v) is 8.81. The Labute approximate surface area is 172 Å². The Hall–Kier alpha value is -2.14. The average Bonchev–Trinajstić information content (AvgIpc) is 3.39. The smallest absolute Gasteiger partial charge is 0.235 e. The predicted molar refractivity (Wildman–Crippen MR) is 116 cm³/mol. The van der Waals surface area contributed by atoms with Crippen molar-refractivity contribution in [3.63, 3.8) is 0 Å². The van der Waals surface area contributed by atoms with Crippen molar-refractivity contribution in [3.05, 3.63) is 47.5 Å². The third kappa shape index (κ3) is 3.48. The minimum absolute atomic E-state index is 0.200. The van der Waals surface area contributed by atoms with Gasteiger partial charge in [-0.15, -0.1) is 12.6 Å². The maximum absolute atomic E-state index is 12.2. The normalized spacial score (nSPS) is 18.8. The van der Waals surface area contributed by atoms with Gasteiger partial charge in [0, 0.05) is 16.3 Å². The molecule has 2 aliphatic carbocycles. The van der Waals surface area contributed by atoms with Crippen LogP contribution in [0.2, 0.25) is 0 Å². The molecule has 2 fully saturated rings. The van der Waals surface area contributed by atoms with Crippen LogP contribution in [-0.2, 0) is 10.2 Å². The van der Waals surface area contributed by atoms with Gasteiger partial charge in [-0.2, -0.15) is 0 Å². The molecule has 3 N–H and O–H groups in total. The lowest BCUT2D eigenvalue weighted by Crippen LogP contribution is -2.40. The highest BCUT2D eigenvalue weighted by Crippen LogP contribution is 2.55. The van der Waals surface area contributed by atoms with E-state index in [4.69, 9.17) is 10.5 Å². The van der Waals surface area contributed by atoms with Crippen molar-refractivity contribution < 1.29 is 9.53 Å². The highest BCUT2D eigenvalue weighted by Gasteiger charge is 2.52. The molecule has 148 valence electrons. The van der Waals surface area contributed by atoms with Crippen LogP contribution in [-0.4, -0.2) is 12.0 Å². The van der Waals surface area contributed by atoms with Crippen LogP contribution in [0.25, 0.3) is 0 Å². The van der Waals surface area contributed by atoms with Crippen LogP contribution in [0.3, 0.4) is 0 Å². The average molecular weight is 397 g/mol. The monoisotopic (exact) mass is 396 g/mol. The molecule has 3 aliphatic rings. The third-order valence-corrected chi connectivity index (χ3v) is 6.20. The standard InChI is InChI=1S/C14H16N2O.C9H12OS/c15-9-6-10(8-2-3-8)12-11(7-9)14(4-1-5-14)13(17)16-12;1-7(2)10-8-5-3-4-6-9(8)11/h6-8H,1-5,15H2,(H,16,17);3-7,11H,1-2H3. The van der Waals surface area contributed by atoms with Gasteiger partial charge < -0.3 is 15.8 Å². The first-order valence-corrected chi connectivity index (χ1v) is 10.6. The molecule has 28 heavy (non-hydrogen) atoms. The highest BCUT2D eigenvalue weighted by atomic mass is 32.1. The first-order chi connectivity index (χ1) is 13.4. The first kappa shape index (κ1) is 19.2. The van der Waals surface area contributed by atoms with Crippen molar-refractivity contribution in [2.45, 2.75) is 68.3 Å². The van der Waals surface area contributed by atoms with Crippen LogP contribution in [0.1, 0.15) is 63.0 Å². The van der Waals surface area contributed by atoms with Crippen molar-refractivity contribution >= 4 is 29.9 Å². The fourth-order valence-corrected chi connectivity index (χ4v) is 4.33. The maximum Gasteiger partial charge on any atom is 0.235 e. The highest BCUT2D eigenvalue weighted by molar-refractivity contribution is 7.80. The number of para-hydroxylation sites is 1. The molecular weight excluding hydrogens is 368 g/mol. The number of hydrogen-bond donors (Lipinski definition) is 3. The summed E-state index contributed by atoms with van der Waals surface area (Å²) in [6.45, 7) is 4.00. The lowest BCUT2D eigenvalue weighted by atomic mass is 9.65. The molecule has 0 aromatic heterocycles. The Morgan fingerprint density at radius 1 is 1.21 bits per heavy atom. The summed E-state index contributed by atoms with van der Waals surface area (Å²) >= 11 is 4.25. The number of thiol groups is 1. The van der Waals surface area contributed by atoms with Crippen LogP contribution in [0.15, 0.2) is 41.3 Å². The summed E-state index contributed by atoms with van der Waals surface area (Å²) in [4.78, 5) is 13.1. The van der Waals surface area contributed by atoms with E-state index in [0.717, 1.165) is 41.3 Å². The number of fused-ring (bicyclic) bond motifs is 2. The zero-order valence-corrected chi connectivity index (χ0v) is 17.4. The van der Waals surface area contributed by atoms with Crippen molar-refractivity contribution in [2.75, 3.05) is 11.1 Å². The summed E-state index contributed by atoms with van der Waals surface area (Å²) in [6, 6.07) is 11.8. The van der Waals surface area contributed by atoms with Gasteiger partial charge >= 0.3 is 0 Å². The van der Waals surface area contributed by atoms with E-state index in [-0.39, 0.29) is 17.4 Å². The van der Waals surface area contributed by atoms with Crippen LogP contribution in [0.5, 0.6) is 5.75 Å². The van der Waals surface area contributed by atoms with Gasteiger partial charge in [0.15, 0.2) is 0 Å². The molecular formula is C23H28N2O2S. The number of amides is 1. The molecule has 0 atom stereocenters. The van der Waals surface area contributed by atoms with Gasteiger partial charge in [-0.1, -0.05) is 18.6 Å². The second kappa shape index (κ2) is 7.36. The van der Waals surface area contributed by atoms with E-state index < -0.39 is 0 Å². The molecule has 2 aromatic rings. The number of benzene rings is 2. The Balaban J connectivity index is 0.000000153. The van der Waals surface area contributed by atoms with Crippen molar-refractivity contribution in [1.82, 2.24) is 0 Å². The van der Waals surface area contributed by atoms with Crippen LogP contribution >= 0.6 is 12.6 Å². The Morgan fingerprint density at radius 3 is 2.50 bits per heavy atom. The van der Waals surface area contributed by atoms with E-state index in [1.54, 1.807) is 0 Å². The molecule has 0 bridgehead atoms. The lowest BCUT2D eigenvalue weighted by Gasteiger charge is -2.36. The van der Waals surface area contributed by atoms with Crippen LogP contribution < -0.4 is 15.8 Å². The Morgan fingerprint density at radius 2 is 1.93 bits per heavy atom. The number of nitrogens with two attached hydrogens (primary N) is 1. The van der Waals surface area contributed by atoms with Crippen LogP contribution in [0.4, 0.5) is 11.4 Å². The van der Waals surface area contributed by atoms with Gasteiger partial charge in [-0.3, -0.25) is 4.79 Å². The van der Waals surface area contributed by atoms with Gasteiger partial charge in [0.2, 0.25) is 5.91 Å². The van der Waals surface area contributed by atoms with Gasteiger partial charge in [-0.25, -0.2) is 0 Å². The van der Waals surface area contributed by atoms with Crippen molar-refractivity contribution in [3.8, 4) is 5.75 Å². The first-order valence-electron chi connectivity index (χ1n) is 10.1. The minimum Gasteiger partial charge on any atom is -0.490 e. The summed E-state index contributed by atoms with van der Waals surface area (Å²) in [5, 5.41) is 3.11. The quantitative estimate of drug-likeness (QED) is 0.488. The zero-order chi connectivity index (χ0) is 19.9.